The molecule has 0 amide bonds. The van der Waals surface area contributed by atoms with E-state index < -0.39 is 17.8 Å². The molecule has 4 aromatic rings. The number of piperazine rings is 1. The number of hydrogen-bond donors (Lipinski definition) is 1. The molecule has 1 fully saturated rings. The zero-order valence-electron chi connectivity index (χ0n) is 19.8. The van der Waals surface area contributed by atoms with Gasteiger partial charge >= 0.3 is 6.18 Å². The molecule has 1 aromatic heterocycles. The van der Waals surface area contributed by atoms with Crippen LogP contribution in [0, 0.1) is 0 Å². The first kappa shape index (κ1) is 24.0. The topological polar surface area (TPSA) is 31.6 Å². The third-order valence-electron chi connectivity index (χ3n) is 6.60. The minimum Gasteiger partial charge on any atom is -0.472 e. The molecule has 1 aliphatic heterocycles. The number of nitrogens with one attached hydrogen (secondary N) is 1. The van der Waals surface area contributed by atoms with Gasteiger partial charge in [0.15, 0.2) is 0 Å². The first-order valence-electron chi connectivity index (χ1n) is 12.0. The molecule has 7 heteroatoms. The van der Waals surface area contributed by atoms with Crippen LogP contribution >= 0.6 is 0 Å². The van der Waals surface area contributed by atoms with E-state index in [-0.39, 0.29) is 5.69 Å². The van der Waals surface area contributed by atoms with Gasteiger partial charge in [-0.2, -0.15) is 13.2 Å². The summed E-state index contributed by atoms with van der Waals surface area (Å²) < 4.78 is 47.3. The van der Waals surface area contributed by atoms with E-state index >= 15 is 0 Å². The number of anilines is 2. The summed E-state index contributed by atoms with van der Waals surface area (Å²) in [6.45, 7) is 3.93. The van der Waals surface area contributed by atoms with E-state index in [1.807, 2.05) is 66.7 Å². The molecule has 3 aromatic carbocycles. The first-order chi connectivity index (χ1) is 17.5. The third-order valence-corrected chi connectivity index (χ3v) is 6.60. The van der Waals surface area contributed by atoms with Crippen molar-refractivity contribution in [2.75, 3.05) is 36.4 Å². The van der Waals surface area contributed by atoms with Crippen molar-refractivity contribution in [1.29, 1.82) is 0 Å². The van der Waals surface area contributed by atoms with Gasteiger partial charge in [0.05, 0.1) is 24.1 Å². The highest BCUT2D eigenvalue weighted by molar-refractivity contribution is 5.65. The molecule has 0 aliphatic carbocycles. The summed E-state index contributed by atoms with van der Waals surface area (Å²) in [5.74, 6) is 0. The Labute approximate surface area is 209 Å². The van der Waals surface area contributed by atoms with Crippen LogP contribution in [0.2, 0.25) is 0 Å². The van der Waals surface area contributed by atoms with Crippen LogP contribution in [-0.2, 0) is 12.7 Å². The Morgan fingerprint density at radius 3 is 2.00 bits per heavy atom. The zero-order valence-corrected chi connectivity index (χ0v) is 19.8. The van der Waals surface area contributed by atoms with Crippen LogP contribution in [0.5, 0.6) is 0 Å². The highest BCUT2D eigenvalue weighted by atomic mass is 19.4. The van der Waals surface area contributed by atoms with Gasteiger partial charge in [-0.05, 0) is 35.4 Å². The van der Waals surface area contributed by atoms with Crippen LogP contribution < -0.4 is 10.2 Å². The Hall–Kier alpha value is -3.71. The van der Waals surface area contributed by atoms with Crippen LogP contribution in [0.3, 0.4) is 0 Å². The molecular weight excluding hydrogens is 463 g/mol. The maximum atomic E-state index is 14.0. The number of furan rings is 1. The van der Waals surface area contributed by atoms with Crippen molar-refractivity contribution in [2.24, 2.45) is 0 Å². The largest absolute Gasteiger partial charge is 0.472 e. The van der Waals surface area contributed by atoms with Gasteiger partial charge in [0.1, 0.15) is 0 Å². The van der Waals surface area contributed by atoms with Gasteiger partial charge in [0, 0.05) is 49.7 Å². The SMILES string of the molecule is FC(F)(F)c1ccc(N2CCN(Cc3ccoc3)CC2)cc1NC(c1ccccc1)c1ccccc1. The van der Waals surface area contributed by atoms with Crippen molar-refractivity contribution >= 4 is 11.4 Å². The van der Waals surface area contributed by atoms with E-state index in [0.29, 0.717) is 0 Å². The normalized spacial score (nSPS) is 14.8. The van der Waals surface area contributed by atoms with E-state index in [2.05, 4.69) is 15.1 Å². The molecule has 1 N–H and O–H groups in total. The second-order valence-electron chi connectivity index (χ2n) is 9.02. The predicted octanol–water partition coefficient (Wildman–Crippen LogP) is 6.82. The average Bonchev–Trinajstić information content (AvgIpc) is 3.41. The number of rotatable bonds is 7. The lowest BCUT2D eigenvalue weighted by Crippen LogP contribution is -2.46. The lowest BCUT2D eigenvalue weighted by atomic mass is 9.97. The summed E-state index contributed by atoms with van der Waals surface area (Å²) in [4.78, 5) is 4.47. The van der Waals surface area contributed by atoms with Gasteiger partial charge < -0.3 is 14.6 Å². The first-order valence-corrected chi connectivity index (χ1v) is 12.0. The fourth-order valence-corrected chi connectivity index (χ4v) is 4.71. The summed E-state index contributed by atoms with van der Waals surface area (Å²) in [6.07, 6.45) is -1.06. The quantitative estimate of drug-likeness (QED) is 0.307. The minimum atomic E-state index is -4.47. The molecule has 5 rings (SSSR count). The third kappa shape index (κ3) is 5.57. The standard InChI is InChI=1S/C29H28F3N3O/c30-29(31,32)26-12-11-25(35-16-14-34(15-17-35)20-22-13-18-36-21-22)19-27(26)33-28(23-7-3-1-4-8-23)24-9-5-2-6-10-24/h1-13,18-19,21,28,33H,14-17,20H2. The average molecular weight is 492 g/mol. The van der Waals surface area contributed by atoms with Crippen molar-refractivity contribution in [3.05, 3.63) is 120 Å². The highest BCUT2D eigenvalue weighted by Crippen LogP contribution is 2.39. The maximum Gasteiger partial charge on any atom is 0.418 e. The second-order valence-corrected chi connectivity index (χ2v) is 9.02. The summed E-state index contributed by atoms with van der Waals surface area (Å²) in [7, 11) is 0. The maximum absolute atomic E-state index is 14.0. The number of halogens is 3. The molecule has 186 valence electrons. The molecule has 0 saturated carbocycles. The van der Waals surface area contributed by atoms with Gasteiger partial charge in [0.25, 0.3) is 0 Å². The number of alkyl halides is 3. The minimum absolute atomic E-state index is 0.0820. The van der Waals surface area contributed by atoms with Gasteiger partial charge in [-0.25, -0.2) is 0 Å². The summed E-state index contributed by atoms with van der Waals surface area (Å²) in [5, 5.41) is 3.24. The van der Waals surface area contributed by atoms with E-state index in [1.54, 1.807) is 24.7 Å². The van der Waals surface area contributed by atoms with Crippen LogP contribution in [0.1, 0.15) is 28.3 Å². The lowest BCUT2D eigenvalue weighted by Gasteiger charge is -2.36. The second kappa shape index (κ2) is 10.5. The number of benzene rings is 3. The Balaban J connectivity index is 1.41. The van der Waals surface area contributed by atoms with Crippen molar-refractivity contribution in [1.82, 2.24) is 4.90 Å². The van der Waals surface area contributed by atoms with Gasteiger partial charge in [-0.3, -0.25) is 4.90 Å². The number of hydrogen-bond acceptors (Lipinski definition) is 4. The van der Waals surface area contributed by atoms with Gasteiger partial charge in [0.2, 0.25) is 0 Å². The van der Waals surface area contributed by atoms with Crippen molar-refractivity contribution < 1.29 is 17.6 Å². The number of nitrogens with zero attached hydrogens (tertiary/aromatic N) is 2. The fraction of sp³-hybridized carbons (Fsp3) is 0.241. The lowest BCUT2D eigenvalue weighted by molar-refractivity contribution is -0.137. The summed E-state index contributed by atoms with van der Waals surface area (Å²) >= 11 is 0. The molecule has 1 saturated heterocycles. The Morgan fingerprint density at radius 1 is 0.806 bits per heavy atom. The fourth-order valence-electron chi connectivity index (χ4n) is 4.71. The molecule has 0 atom stereocenters. The molecule has 36 heavy (non-hydrogen) atoms. The molecule has 1 aliphatic rings. The van der Waals surface area contributed by atoms with Crippen LogP contribution in [0.25, 0.3) is 0 Å². The highest BCUT2D eigenvalue weighted by Gasteiger charge is 2.35. The molecule has 0 bridgehead atoms. The molecule has 2 heterocycles. The smallest absolute Gasteiger partial charge is 0.418 e. The van der Waals surface area contributed by atoms with Gasteiger partial charge in [-0.1, -0.05) is 60.7 Å². The van der Waals surface area contributed by atoms with Gasteiger partial charge in [-0.15, -0.1) is 0 Å². The summed E-state index contributed by atoms with van der Waals surface area (Å²) in [5.41, 5.74) is 3.12. The summed E-state index contributed by atoms with van der Waals surface area (Å²) in [6, 6.07) is 25.1. The molecule has 0 spiro atoms. The Bertz CT molecular complexity index is 1200. The molecule has 0 unspecified atom stereocenters. The Morgan fingerprint density at radius 2 is 1.44 bits per heavy atom. The predicted molar refractivity (Wildman–Crippen MR) is 136 cm³/mol. The monoisotopic (exact) mass is 491 g/mol. The van der Waals surface area contributed by atoms with Crippen LogP contribution in [-0.4, -0.2) is 31.1 Å². The van der Waals surface area contributed by atoms with Crippen LogP contribution in [0.15, 0.2) is 102 Å². The van der Waals surface area contributed by atoms with E-state index in [1.165, 1.54) is 6.07 Å². The van der Waals surface area contributed by atoms with E-state index in [4.69, 9.17) is 4.42 Å². The van der Waals surface area contributed by atoms with E-state index in [0.717, 1.165) is 55.1 Å². The van der Waals surface area contributed by atoms with Crippen LogP contribution in [0.4, 0.5) is 24.5 Å². The Kier molecular flexibility index (Phi) is 7.00. The molecule has 4 nitrogen and oxygen atoms in total. The molecular formula is C29H28F3N3O. The zero-order chi connectivity index (χ0) is 25.0. The van der Waals surface area contributed by atoms with E-state index in [9.17, 15) is 13.2 Å². The van der Waals surface area contributed by atoms with Crippen molar-refractivity contribution in [3.63, 3.8) is 0 Å². The van der Waals surface area contributed by atoms with Crippen molar-refractivity contribution in [2.45, 2.75) is 18.8 Å². The van der Waals surface area contributed by atoms with Crippen molar-refractivity contribution in [3.8, 4) is 0 Å². The molecule has 0 radical (unpaired) electrons.